The maximum absolute atomic E-state index is 12.3. The molecular formula is C26H36N4O3. The number of piperidine rings is 3. The normalized spacial score (nSPS) is 27.3. The number of nitrogens with one attached hydrogen (secondary N) is 1. The van der Waals surface area contributed by atoms with Crippen LogP contribution in [0.15, 0.2) is 30.3 Å². The number of ether oxygens (including phenoxy) is 2. The summed E-state index contributed by atoms with van der Waals surface area (Å²) >= 11 is 0. The van der Waals surface area contributed by atoms with Gasteiger partial charge in [0.1, 0.15) is 12.4 Å². The molecule has 0 radical (unpaired) electrons. The summed E-state index contributed by atoms with van der Waals surface area (Å²) in [5.74, 6) is 2.56. The van der Waals surface area contributed by atoms with E-state index in [2.05, 4.69) is 28.0 Å². The largest absolute Gasteiger partial charge is 0.497 e. The van der Waals surface area contributed by atoms with E-state index in [9.17, 15) is 4.79 Å². The Kier molecular flexibility index (Phi) is 6.58. The molecule has 1 unspecified atom stereocenters. The highest BCUT2D eigenvalue weighted by molar-refractivity contribution is 5.84. The van der Waals surface area contributed by atoms with E-state index in [1.807, 2.05) is 24.3 Å². The molecule has 1 aromatic carbocycles. The molecule has 3 aliphatic heterocycles. The molecule has 1 N–H and O–H groups in total. The van der Waals surface area contributed by atoms with E-state index in [-0.39, 0.29) is 0 Å². The number of amides is 1. The van der Waals surface area contributed by atoms with Crippen LogP contribution in [0.3, 0.4) is 0 Å². The summed E-state index contributed by atoms with van der Waals surface area (Å²) in [5, 5.41) is 7.74. The molecule has 4 fully saturated rings. The van der Waals surface area contributed by atoms with Gasteiger partial charge in [-0.15, -0.1) is 0 Å². The Morgan fingerprint density at radius 3 is 2.64 bits per heavy atom. The van der Waals surface area contributed by atoms with Crippen LogP contribution in [-0.2, 0) is 11.8 Å². The molecule has 2 aromatic rings. The van der Waals surface area contributed by atoms with Gasteiger partial charge in [0.05, 0.1) is 12.8 Å². The van der Waals surface area contributed by atoms with Crippen molar-refractivity contribution in [2.75, 3.05) is 32.1 Å². The predicted molar refractivity (Wildman–Crippen MR) is 128 cm³/mol. The Morgan fingerprint density at radius 2 is 1.94 bits per heavy atom. The first-order valence-corrected chi connectivity index (χ1v) is 12.5. The van der Waals surface area contributed by atoms with Crippen LogP contribution in [0.4, 0.5) is 10.5 Å². The van der Waals surface area contributed by atoms with Crippen molar-refractivity contribution in [3.8, 4) is 5.75 Å². The number of aromatic nitrogens is 2. The zero-order chi connectivity index (χ0) is 22.8. The molecule has 7 heteroatoms. The average Bonchev–Trinajstić information content (AvgIpc) is 3.25. The van der Waals surface area contributed by atoms with E-state index >= 15 is 0 Å². The molecule has 4 aliphatic rings. The smallest absolute Gasteiger partial charge is 0.411 e. The van der Waals surface area contributed by atoms with Gasteiger partial charge in [-0.1, -0.05) is 19.3 Å². The maximum Gasteiger partial charge on any atom is 0.411 e. The van der Waals surface area contributed by atoms with Crippen LogP contribution in [-0.4, -0.2) is 53.6 Å². The Morgan fingerprint density at radius 1 is 1.15 bits per heavy atom. The van der Waals surface area contributed by atoms with Gasteiger partial charge in [0.25, 0.3) is 0 Å². The number of aryl methyl sites for hydroxylation is 1. The Bertz CT molecular complexity index is 951. The van der Waals surface area contributed by atoms with Gasteiger partial charge >= 0.3 is 6.09 Å². The minimum Gasteiger partial charge on any atom is -0.497 e. The third-order valence-corrected chi connectivity index (χ3v) is 7.96. The van der Waals surface area contributed by atoms with E-state index < -0.39 is 6.09 Å². The summed E-state index contributed by atoms with van der Waals surface area (Å²) in [5.41, 5.74) is 3.40. The number of benzene rings is 1. The van der Waals surface area contributed by atoms with E-state index in [0.29, 0.717) is 36.1 Å². The van der Waals surface area contributed by atoms with Gasteiger partial charge in [0, 0.05) is 42.9 Å². The van der Waals surface area contributed by atoms with Crippen molar-refractivity contribution < 1.29 is 14.3 Å². The van der Waals surface area contributed by atoms with Crippen LogP contribution in [0.2, 0.25) is 0 Å². The van der Waals surface area contributed by atoms with Crippen LogP contribution < -0.4 is 10.1 Å². The molecule has 1 aromatic heterocycles. The molecule has 4 heterocycles. The summed E-state index contributed by atoms with van der Waals surface area (Å²) in [7, 11) is 3.74. The van der Waals surface area contributed by atoms with Crippen molar-refractivity contribution in [2.24, 2.45) is 13.0 Å². The van der Waals surface area contributed by atoms with Crippen molar-refractivity contribution in [3.63, 3.8) is 0 Å². The topological polar surface area (TPSA) is 68.6 Å². The van der Waals surface area contributed by atoms with E-state index in [4.69, 9.17) is 14.6 Å². The summed E-state index contributed by atoms with van der Waals surface area (Å²) < 4.78 is 12.9. The SMILES string of the molecule is COc1ccc(NC(=O)OC[C@H]2C[C@@H]3CCN2C[C@H]3c2cc(C3CCCCC3)nn2C)cc1. The molecule has 178 valence electrons. The van der Waals surface area contributed by atoms with Gasteiger partial charge in [0.2, 0.25) is 0 Å². The fourth-order valence-electron chi connectivity index (χ4n) is 6.10. The quantitative estimate of drug-likeness (QED) is 0.675. The van der Waals surface area contributed by atoms with E-state index in [0.717, 1.165) is 25.3 Å². The Balaban J connectivity index is 1.16. The third-order valence-electron chi connectivity index (χ3n) is 7.96. The zero-order valence-electron chi connectivity index (χ0n) is 19.8. The van der Waals surface area contributed by atoms with Crippen molar-refractivity contribution in [1.82, 2.24) is 14.7 Å². The van der Waals surface area contributed by atoms with Crippen LogP contribution >= 0.6 is 0 Å². The molecule has 1 aliphatic carbocycles. The molecule has 1 saturated carbocycles. The van der Waals surface area contributed by atoms with Gasteiger partial charge in [0.15, 0.2) is 0 Å². The number of hydrogen-bond acceptors (Lipinski definition) is 5. The lowest BCUT2D eigenvalue weighted by Gasteiger charge is -2.49. The second kappa shape index (κ2) is 9.75. The van der Waals surface area contributed by atoms with Gasteiger partial charge in [-0.2, -0.15) is 5.10 Å². The maximum atomic E-state index is 12.3. The number of carbonyl (C=O) groups is 1. The lowest BCUT2D eigenvalue weighted by molar-refractivity contribution is -0.00222. The second-order valence-corrected chi connectivity index (χ2v) is 9.94. The van der Waals surface area contributed by atoms with Crippen molar-refractivity contribution in [3.05, 3.63) is 41.7 Å². The molecule has 33 heavy (non-hydrogen) atoms. The molecule has 6 rings (SSSR count). The number of methoxy groups -OCH3 is 1. The number of fused-ring (bicyclic) bond motifs is 3. The Labute approximate surface area is 196 Å². The lowest BCUT2D eigenvalue weighted by Crippen LogP contribution is -2.54. The monoisotopic (exact) mass is 452 g/mol. The van der Waals surface area contributed by atoms with Crippen LogP contribution in [0.5, 0.6) is 5.75 Å². The van der Waals surface area contributed by atoms with Gasteiger partial charge in [-0.25, -0.2) is 4.79 Å². The predicted octanol–water partition coefficient (Wildman–Crippen LogP) is 4.90. The fraction of sp³-hybridized carbons (Fsp3) is 0.615. The van der Waals surface area contributed by atoms with Gasteiger partial charge < -0.3 is 9.47 Å². The van der Waals surface area contributed by atoms with Crippen LogP contribution in [0.1, 0.15) is 68.2 Å². The second-order valence-electron chi connectivity index (χ2n) is 9.94. The van der Waals surface area contributed by atoms with Crippen LogP contribution in [0, 0.1) is 5.92 Å². The zero-order valence-corrected chi connectivity index (χ0v) is 19.8. The minimum atomic E-state index is -0.400. The molecule has 4 atom stereocenters. The first-order chi connectivity index (χ1) is 16.1. The number of rotatable bonds is 6. The molecule has 7 nitrogen and oxygen atoms in total. The first-order valence-electron chi connectivity index (χ1n) is 12.5. The molecule has 0 spiro atoms. The standard InChI is InChI=1S/C26H36N4O3/c1-29-25(15-24(28-29)18-6-4-3-5-7-18)23-16-30-13-12-19(23)14-21(30)17-33-26(31)27-20-8-10-22(32-2)11-9-20/h8-11,15,18-19,21,23H,3-7,12-14,16-17H2,1-2H3,(H,27,31)/t19-,21+,23+/m0/s1. The number of carbonyl (C=O) groups excluding carboxylic acids is 1. The summed E-state index contributed by atoms with van der Waals surface area (Å²) in [4.78, 5) is 14.8. The fourth-order valence-corrected chi connectivity index (χ4v) is 6.10. The van der Waals surface area contributed by atoms with Gasteiger partial charge in [-0.3, -0.25) is 14.9 Å². The van der Waals surface area contributed by atoms with E-state index in [1.165, 1.54) is 49.9 Å². The highest BCUT2D eigenvalue weighted by Crippen LogP contribution is 2.43. The highest BCUT2D eigenvalue weighted by Gasteiger charge is 2.42. The number of hydrogen-bond donors (Lipinski definition) is 1. The molecule has 3 saturated heterocycles. The van der Waals surface area contributed by atoms with Crippen LogP contribution in [0.25, 0.3) is 0 Å². The first kappa shape index (κ1) is 22.3. The highest BCUT2D eigenvalue weighted by atomic mass is 16.5. The molecular weight excluding hydrogens is 416 g/mol. The summed E-state index contributed by atoms with van der Waals surface area (Å²) in [6.07, 6.45) is 8.51. The van der Waals surface area contributed by atoms with Crippen molar-refractivity contribution in [2.45, 2.75) is 62.8 Å². The minimum absolute atomic E-state index is 0.299. The number of anilines is 1. The number of nitrogens with zero attached hydrogens (tertiary/aromatic N) is 3. The third kappa shape index (κ3) is 4.88. The van der Waals surface area contributed by atoms with E-state index in [1.54, 1.807) is 7.11 Å². The van der Waals surface area contributed by atoms with Crippen molar-refractivity contribution >= 4 is 11.8 Å². The molecule has 2 bridgehead atoms. The summed E-state index contributed by atoms with van der Waals surface area (Å²) in [6.45, 7) is 2.55. The Hall–Kier alpha value is -2.54. The summed E-state index contributed by atoms with van der Waals surface area (Å²) in [6, 6.07) is 9.96. The van der Waals surface area contributed by atoms with Gasteiger partial charge in [-0.05, 0) is 68.5 Å². The average molecular weight is 453 g/mol. The molecule has 1 amide bonds. The van der Waals surface area contributed by atoms with Crippen molar-refractivity contribution in [1.29, 1.82) is 0 Å². The lowest BCUT2D eigenvalue weighted by atomic mass is 9.74.